The molecule has 1 aromatic carbocycles. The zero-order valence-electron chi connectivity index (χ0n) is 12.7. The number of hydrogen-bond donors (Lipinski definition) is 1. The summed E-state index contributed by atoms with van der Waals surface area (Å²) in [5, 5.41) is 15.1. The lowest BCUT2D eigenvalue weighted by Crippen LogP contribution is -2.27. The van der Waals surface area contributed by atoms with Crippen molar-refractivity contribution >= 4 is 10.9 Å². The van der Waals surface area contributed by atoms with Crippen LogP contribution in [0.4, 0.5) is 0 Å². The number of hydrogen-bond acceptors (Lipinski definition) is 4. The highest BCUT2D eigenvalue weighted by Gasteiger charge is 2.07. The Labute approximate surface area is 129 Å². The maximum Gasteiger partial charge on any atom is 0.141 e. The molecule has 3 rings (SSSR count). The standard InChI is InChI=1S/C17H20N4O/c1-2-20(11-12-21-10-4-9-18-21)13-15-8-7-14-5-3-6-16(22)17(14)19-15/h3-10,22H,2,11-13H2,1H3. The van der Waals surface area contributed by atoms with Crippen molar-refractivity contribution in [3.8, 4) is 5.75 Å². The number of likely N-dealkylation sites (N-methyl/N-ethyl adjacent to an activating group) is 1. The predicted octanol–water partition coefficient (Wildman–Crippen LogP) is 2.66. The van der Waals surface area contributed by atoms with Crippen LogP contribution in [-0.2, 0) is 13.1 Å². The molecular weight excluding hydrogens is 276 g/mol. The van der Waals surface area contributed by atoms with Gasteiger partial charge >= 0.3 is 0 Å². The lowest BCUT2D eigenvalue weighted by Gasteiger charge is -2.20. The Hall–Kier alpha value is -2.40. The van der Waals surface area contributed by atoms with E-state index in [1.54, 1.807) is 12.3 Å². The van der Waals surface area contributed by atoms with Crippen LogP contribution in [0.25, 0.3) is 10.9 Å². The molecule has 1 N–H and O–H groups in total. The predicted molar refractivity (Wildman–Crippen MR) is 86.6 cm³/mol. The summed E-state index contributed by atoms with van der Waals surface area (Å²) in [4.78, 5) is 6.91. The molecule has 0 unspecified atom stereocenters. The van der Waals surface area contributed by atoms with E-state index in [0.717, 1.165) is 37.3 Å². The number of nitrogens with zero attached hydrogens (tertiary/aromatic N) is 4. The Morgan fingerprint density at radius 3 is 2.86 bits per heavy atom. The molecule has 2 heterocycles. The molecule has 2 aromatic heterocycles. The van der Waals surface area contributed by atoms with Crippen LogP contribution in [0.15, 0.2) is 48.8 Å². The molecule has 0 atom stereocenters. The molecule has 0 aliphatic carbocycles. The van der Waals surface area contributed by atoms with Crippen molar-refractivity contribution in [1.29, 1.82) is 0 Å². The van der Waals surface area contributed by atoms with Crippen molar-refractivity contribution < 1.29 is 5.11 Å². The highest BCUT2D eigenvalue weighted by molar-refractivity contribution is 5.84. The molecule has 0 aliphatic rings. The third-order valence-electron chi connectivity index (χ3n) is 3.79. The fraction of sp³-hybridized carbons (Fsp3) is 0.294. The van der Waals surface area contributed by atoms with Gasteiger partial charge in [-0.1, -0.05) is 25.1 Å². The number of aromatic nitrogens is 3. The molecule has 0 radical (unpaired) electrons. The van der Waals surface area contributed by atoms with E-state index >= 15 is 0 Å². The maximum absolute atomic E-state index is 9.93. The second kappa shape index (κ2) is 6.58. The van der Waals surface area contributed by atoms with Gasteiger partial charge in [0, 0.05) is 30.9 Å². The number of phenols is 1. The van der Waals surface area contributed by atoms with Crippen molar-refractivity contribution in [3.05, 3.63) is 54.5 Å². The SMILES string of the molecule is CCN(CCn1cccn1)Cc1ccc2cccc(O)c2n1. The number of pyridine rings is 1. The quantitative estimate of drug-likeness (QED) is 0.760. The molecule has 22 heavy (non-hydrogen) atoms. The van der Waals surface area contributed by atoms with Crippen LogP contribution >= 0.6 is 0 Å². The summed E-state index contributed by atoms with van der Waals surface area (Å²) >= 11 is 0. The van der Waals surface area contributed by atoms with Crippen LogP contribution in [0.5, 0.6) is 5.75 Å². The van der Waals surface area contributed by atoms with Crippen molar-refractivity contribution in [3.63, 3.8) is 0 Å². The van der Waals surface area contributed by atoms with Crippen LogP contribution in [0, 0.1) is 0 Å². The summed E-state index contributed by atoms with van der Waals surface area (Å²) in [6.07, 6.45) is 3.77. The first kappa shape index (κ1) is 14.5. The van der Waals surface area contributed by atoms with E-state index in [0.29, 0.717) is 5.52 Å². The Balaban J connectivity index is 1.71. The molecule has 114 valence electrons. The highest BCUT2D eigenvalue weighted by Crippen LogP contribution is 2.22. The van der Waals surface area contributed by atoms with Gasteiger partial charge in [0.15, 0.2) is 0 Å². The first-order valence-corrected chi connectivity index (χ1v) is 7.53. The van der Waals surface area contributed by atoms with E-state index in [-0.39, 0.29) is 5.75 Å². The van der Waals surface area contributed by atoms with Crippen LogP contribution in [0.1, 0.15) is 12.6 Å². The lowest BCUT2D eigenvalue weighted by molar-refractivity contribution is 0.261. The van der Waals surface area contributed by atoms with E-state index in [4.69, 9.17) is 0 Å². The zero-order valence-corrected chi connectivity index (χ0v) is 12.7. The van der Waals surface area contributed by atoms with E-state index < -0.39 is 0 Å². The monoisotopic (exact) mass is 296 g/mol. The molecule has 3 aromatic rings. The molecule has 0 amide bonds. The van der Waals surface area contributed by atoms with E-state index in [1.807, 2.05) is 41.2 Å². The lowest BCUT2D eigenvalue weighted by atomic mass is 10.2. The molecule has 0 spiro atoms. The van der Waals surface area contributed by atoms with Gasteiger partial charge in [0.25, 0.3) is 0 Å². The number of aromatic hydroxyl groups is 1. The van der Waals surface area contributed by atoms with Gasteiger partial charge in [-0.3, -0.25) is 9.58 Å². The fourth-order valence-electron chi connectivity index (χ4n) is 2.51. The van der Waals surface area contributed by atoms with Crippen LogP contribution in [-0.4, -0.2) is 37.9 Å². The maximum atomic E-state index is 9.93. The fourth-order valence-corrected chi connectivity index (χ4v) is 2.51. The van der Waals surface area contributed by atoms with Gasteiger partial charge in [0.2, 0.25) is 0 Å². The first-order chi connectivity index (χ1) is 10.8. The summed E-state index contributed by atoms with van der Waals surface area (Å²) in [6, 6.07) is 11.4. The van der Waals surface area contributed by atoms with E-state index in [9.17, 15) is 5.11 Å². The number of phenolic OH excluding ortho intramolecular Hbond substituents is 1. The minimum absolute atomic E-state index is 0.235. The largest absolute Gasteiger partial charge is 0.506 e. The van der Waals surface area contributed by atoms with Gasteiger partial charge in [-0.2, -0.15) is 5.10 Å². The second-order valence-corrected chi connectivity index (χ2v) is 5.29. The molecule has 0 fully saturated rings. The molecule has 0 saturated heterocycles. The summed E-state index contributed by atoms with van der Waals surface area (Å²) in [5.74, 6) is 0.235. The normalized spacial score (nSPS) is 11.4. The topological polar surface area (TPSA) is 54.2 Å². The average Bonchev–Trinajstić information content (AvgIpc) is 3.05. The molecular formula is C17H20N4O. The highest BCUT2D eigenvalue weighted by atomic mass is 16.3. The van der Waals surface area contributed by atoms with Crippen molar-refractivity contribution in [2.24, 2.45) is 0 Å². The second-order valence-electron chi connectivity index (χ2n) is 5.29. The smallest absolute Gasteiger partial charge is 0.141 e. The van der Waals surface area contributed by atoms with Gasteiger partial charge < -0.3 is 5.11 Å². The zero-order chi connectivity index (χ0) is 15.4. The van der Waals surface area contributed by atoms with E-state index in [1.165, 1.54) is 0 Å². The molecule has 5 heteroatoms. The van der Waals surface area contributed by atoms with Crippen LogP contribution in [0.2, 0.25) is 0 Å². The Bertz CT molecular complexity index is 740. The van der Waals surface area contributed by atoms with Crippen molar-refractivity contribution in [2.75, 3.05) is 13.1 Å². The minimum atomic E-state index is 0.235. The van der Waals surface area contributed by atoms with Crippen molar-refractivity contribution in [1.82, 2.24) is 19.7 Å². The van der Waals surface area contributed by atoms with Crippen LogP contribution in [0.3, 0.4) is 0 Å². The molecule has 0 saturated carbocycles. The summed E-state index contributed by atoms with van der Waals surface area (Å²) < 4.78 is 1.93. The van der Waals surface area contributed by atoms with Gasteiger partial charge in [0.05, 0.1) is 12.2 Å². The minimum Gasteiger partial charge on any atom is -0.506 e. The Morgan fingerprint density at radius 1 is 1.18 bits per heavy atom. The summed E-state index contributed by atoms with van der Waals surface area (Å²) in [6.45, 7) is 5.63. The van der Waals surface area contributed by atoms with Gasteiger partial charge in [-0.15, -0.1) is 0 Å². The average molecular weight is 296 g/mol. The third-order valence-corrected chi connectivity index (χ3v) is 3.79. The molecule has 0 bridgehead atoms. The van der Waals surface area contributed by atoms with Gasteiger partial charge in [-0.25, -0.2) is 4.98 Å². The van der Waals surface area contributed by atoms with E-state index in [2.05, 4.69) is 21.9 Å². The number of para-hydroxylation sites is 1. The number of benzene rings is 1. The first-order valence-electron chi connectivity index (χ1n) is 7.53. The van der Waals surface area contributed by atoms with Crippen molar-refractivity contribution in [2.45, 2.75) is 20.0 Å². The summed E-state index contributed by atoms with van der Waals surface area (Å²) in [7, 11) is 0. The number of fused-ring (bicyclic) bond motifs is 1. The summed E-state index contributed by atoms with van der Waals surface area (Å²) in [5.41, 5.74) is 1.64. The molecule has 0 aliphatic heterocycles. The van der Waals surface area contributed by atoms with Gasteiger partial charge in [0.1, 0.15) is 11.3 Å². The number of rotatable bonds is 6. The Kier molecular flexibility index (Phi) is 4.34. The van der Waals surface area contributed by atoms with Crippen LogP contribution < -0.4 is 0 Å². The Morgan fingerprint density at radius 2 is 2.09 bits per heavy atom. The van der Waals surface area contributed by atoms with Gasteiger partial charge in [-0.05, 0) is 24.7 Å². The third kappa shape index (κ3) is 3.26. The molecule has 5 nitrogen and oxygen atoms in total.